The van der Waals surface area contributed by atoms with Gasteiger partial charge in [-0.2, -0.15) is 0 Å². The Morgan fingerprint density at radius 2 is 1.83 bits per heavy atom. The van der Waals surface area contributed by atoms with Crippen molar-refractivity contribution in [1.29, 1.82) is 0 Å². The molecule has 0 aliphatic heterocycles. The maximum Gasteiger partial charge on any atom is 0.163 e. The van der Waals surface area contributed by atoms with E-state index >= 15 is 0 Å². The van der Waals surface area contributed by atoms with E-state index in [0.29, 0.717) is 17.0 Å². The Morgan fingerprint density at radius 3 is 2.50 bits per heavy atom. The second kappa shape index (κ2) is 5.79. The summed E-state index contributed by atoms with van der Waals surface area (Å²) in [6, 6.07) is 2.85. The summed E-state index contributed by atoms with van der Waals surface area (Å²) < 4.78 is 27.3. The van der Waals surface area contributed by atoms with Crippen LogP contribution < -0.4 is 5.73 Å². The zero-order valence-corrected chi connectivity index (χ0v) is 10.9. The smallest absolute Gasteiger partial charge is 0.163 e. The summed E-state index contributed by atoms with van der Waals surface area (Å²) in [5.74, 6) is -0.956. The molecule has 3 heteroatoms. The minimum absolute atomic E-state index is 0.323. The number of halogens is 2. The van der Waals surface area contributed by atoms with Gasteiger partial charge in [0.05, 0.1) is 0 Å². The van der Waals surface area contributed by atoms with Crippen LogP contribution in [-0.4, -0.2) is 0 Å². The minimum Gasteiger partial charge on any atom is -0.324 e. The molecule has 0 spiro atoms. The van der Waals surface area contributed by atoms with E-state index in [4.69, 9.17) is 5.73 Å². The van der Waals surface area contributed by atoms with Gasteiger partial charge in [-0.1, -0.05) is 44.2 Å². The molecular formula is C15H21F2N. The van der Waals surface area contributed by atoms with Crippen molar-refractivity contribution in [3.63, 3.8) is 0 Å². The fraction of sp³-hybridized carbons (Fsp3) is 0.600. The van der Waals surface area contributed by atoms with Crippen LogP contribution in [0.4, 0.5) is 8.78 Å². The van der Waals surface area contributed by atoms with Crippen LogP contribution in [0.3, 0.4) is 0 Å². The molecule has 0 saturated heterocycles. The molecule has 0 amide bonds. The first-order valence-electron chi connectivity index (χ1n) is 6.79. The first kappa shape index (κ1) is 13.5. The maximum absolute atomic E-state index is 13.8. The maximum atomic E-state index is 13.8. The largest absolute Gasteiger partial charge is 0.324 e. The van der Waals surface area contributed by atoms with E-state index in [1.165, 1.54) is 32.1 Å². The predicted molar refractivity (Wildman–Crippen MR) is 69.2 cm³/mol. The second-order valence-corrected chi connectivity index (χ2v) is 5.45. The Bertz CT molecular complexity index is 411. The van der Waals surface area contributed by atoms with Gasteiger partial charge in [-0.25, -0.2) is 8.78 Å². The van der Waals surface area contributed by atoms with Crippen LogP contribution in [0.25, 0.3) is 0 Å². The zero-order valence-electron chi connectivity index (χ0n) is 10.9. The highest BCUT2D eigenvalue weighted by atomic mass is 19.2. The Hall–Kier alpha value is -0.960. The van der Waals surface area contributed by atoms with Crippen molar-refractivity contribution in [2.45, 2.75) is 51.5 Å². The van der Waals surface area contributed by atoms with Crippen LogP contribution in [0.2, 0.25) is 0 Å². The molecule has 100 valence electrons. The lowest BCUT2D eigenvalue weighted by Gasteiger charge is -2.25. The van der Waals surface area contributed by atoms with Crippen LogP contribution in [0, 0.1) is 24.5 Å². The third-order valence-corrected chi connectivity index (χ3v) is 4.02. The number of benzene rings is 1. The van der Waals surface area contributed by atoms with E-state index in [-0.39, 0.29) is 6.04 Å². The molecule has 1 fully saturated rings. The van der Waals surface area contributed by atoms with Gasteiger partial charge in [0, 0.05) is 11.6 Å². The van der Waals surface area contributed by atoms with Gasteiger partial charge in [0.25, 0.3) is 0 Å². The van der Waals surface area contributed by atoms with Crippen molar-refractivity contribution in [2.24, 2.45) is 11.7 Å². The van der Waals surface area contributed by atoms with Crippen LogP contribution in [-0.2, 0) is 0 Å². The second-order valence-electron chi connectivity index (χ2n) is 5.45. The van der Waals surface area contributed by atoms with Crippen molar-refractivity contribution in [1.82, 2.24) is 0 Å². The molecule has 0 radical (unpaired) electrons. The highest BCUT2D eigenvalue weighted by Gasteiger charge is 2.21. The lowest BCUT2D eigenvalue weighted by Crippen LogP contribution is -2.19. The average molecular weight is 253 g/mol. The Labute approximate surface area is 107 Å². The van der Waals surface area contributed by atoms with Gasteiger partial charge >= 0.3 is 0 Å². The summed E-state index contributed by atoms with van der Waals surface area (Å²) in [6.07, 6.45) is 6.87. The van der Waals surface area contributed by atoms with Crippen molar-refractivity contribution in [3.05, 3.63) is 34.9 Å². The Balaban J connectivity index is 2.08. The number of aryl methyl sites for hydroxylation is 1. The van der Waals surface area contributed by atoms with Gasteiger partial charge in [-0.05, 0) is 24.8 Å². The van der Waals surface area contributed by atoms with Gasteiger partial charge in [0.2, 0.25) is 0 Å². The predicted octanol–water partition coefficient (Wildman–Crippen LogP) is 4.24. The molecule has 0 heterocycles. The fourth-order valence-corrected chi connectivity index (χ4v) is 2.86. The first-order chi connectivity index (χ1) is 8.59. The number of hydrogen-bond acceptors (Lipinski definition) is 1. The summed E-state index contributed by atoms with van der Waals surface area (Å²) in [5.41, 5.74) is 6.70. The van der Waals surface area contributed by atoms with Gasteiger partial charge in [-0.15, -0.1) is 0 Å². The molecule has 18 heavy (non-hydrogen) atoms. The quantitative estimate of drug-likeness (QED) is 0.856. The summed E-state index contributed by atoms with van der Waals surface area (Å²) in [6.45, 7) is 1.56. The van der Waals surface area contributed by atoms with E-state index in [2.05, 4.69) is 0 Å². The van der Waals surface area contributed by atoms with Crippen LogP contribution in [0.5, 0.6) is 0 Å². The molecule has 1 aromatic carbocycles. The van der Waals surface area contributed by atoms with Crippen LogP contribution in [0.1, 0.15) is 55.7 Å². The molecule has 1 saturated carbocycles. The molecule has 0 bridgehead atoms. The van der Waals surface area contributed by atoms with E-state index in [1.54, 1.807) is 19.1 Å². The first-order valence-corrected chi connectivity index (χ1v) is 6.79. The average Bonchev–Trinajstić information content (AvgIpc) is 2.37. The van der Waals surface area contributed by atoms with Crippen molar-refractivity contribution < 1.29 is 8.78 Å². The molecule has 1 unspecified atom stereocenters. The molecule has 1 nitrogen and oxygen atoms in total. The number of rotatable bonds is 3. The number of nitrogens with two attached hydrogens (primary N) is 1. The van der Waals surface area contributed by atoms with Gasteiger partial charge in [0.15, 0.2) is 11.6 Å². The molecule has 0 aromatic heterocycles. The molecule has 1 aliphatic carbocycles. The SMILES string of the molecule is Cc1ccc(C(N)CC2CCCCC2)c(F)c1F. The van der Waals surface area contributed by atoms with Crippen molar-refractivity contribution in [3.8, 4) is 0 Å². The third kappa shape index (κ3) is 2.89. The van der Waals surface area contributed by atoms with Crippen LogP contribution >= 0.6 is 0 Å². The number of hydrogen-bond donors (Lipinski definition) is 1. The van der Waals surface area contributed by atoms with E-state index < -0.39 is 11.6 Å². The van der Waals surface area contributed by atoms with Gasteiger partial charge in [-0.3, -0.25) is 0 Å². The van der Waals surface area contributed by atoms with Gasteiger partial charge in [0.1, 0.15) is 0 Å². The molecular weight excluding hydrogens is 232 g/mol. The molecule has 2 rings (SSSR count). The van der Waals surface area contributed by atoms with E-state index in [9.17, 15) is 8.78 Å². The van der Waals surface area contributed by atoms with E-state index in [0.717, 1.165) is 6.42 Å². The minimum atomic E-state index is -0.765. The van der Waals surface area contributed by atoms with Crippen molar-refractivity contribution >= 4 is 0 Å². The summed E-state index contributed by atoms with van der Waals surface area (Å²) in [7, 11) is 0. The molecule has 1 aliphatic rings. The summed E-state index contributed by atoms with van der Waals surface area (Å²) in [5, 5.41) is 0. The highest BCUT2D eigenvalue weighted by Crippen LogP contribution is 2.32. The standard InChI is InChI=1S/C15H21F2N/c1-10-7-8-12(15(17)14(10)16)13(18)9-11-5-3-2-4-6-11/h7-8,11,13H,2-6,9,18H2,1H3. The fourth-order valence-electron chi connectivity index (χ4n) is 2.86. The third-order valence-electron chi connectivity index (χ3n) is 4.02. The normalized spacial score (nSPS) is 18.9. The van der Waals surface area contributed by atoms with E-state index in [1.807, 2.05) is 0 Å². The molecule has 1 atom stereocenters. The van der Waals surface area contributed by atoms with Crippen LogP contribution in [0.15, 0.2) is 12.1 Å². The highest BCUT2D eigenvalue weighted by molar-refractivity contribution is 5.27. The molecule has 1 aromatic rings. The zero-order chi connectivity index (χ0) is 13.1. The Morgan fingerprint density at radius 1 is 1.17 bits per heavy atom. The monoisotopic (exact) mass is 253 g/mol. The topological polar surface area (TPSA) is 26.0 Å². The molecule has 2 N–H and O–H groups in total. The lowest BCUT2D eigenvalue weighted by atomic mass is 9.83. The van der Waals surface area contributed by atoms with Crippen molar-refractivity contribution in [2.75, 3.05) is 0 Å². The Kier molecular flexibility index (Phi) is 4.33. The summed E-state index contributed by atoms with van der Waals surface area (Å²) >= 11 is 0. The lowest BCUT2D eigenvalue weighted by molar-refractivity contribution is 0.316. The van der Waals surface area contributed by atoms with Gasteiger partial charge < -0.3 is 5.73 Å². The summed E-state index contributed by atoms with van der Waals surface area (Å²) in [4.78, 5) is 0.